The van der Waals surface area contributed by atoms with Gasteiger partial charge in [0.05, 0.1) is 38.1 Å². The molecule has 0 spiro atoms. The van der Waals surface area contributed by atoms with Crippen molar-refractivity contribution in [3.05, 3.63) is 83.9 Å². The molecule has 1 N–H and O–H groups in total. The van der Waals surface area contributed by atoms with E-state index in [9.17, 15) is 13.2 Å². The Morgan fingerprint density at radius 2 is 1.67 bits per heavy atom. The Morgan fingerprint density at radius 1 is 0.944 bits per heavy atom. The maximum Gasteiger partial charge on any atom is 0.410 e. The molecule has 190 valence electrons. The number of rotatable bonds is 9. The molecule has 3 aromatic rings. The van der Waals surface area contributed by atoms with Gasteiger partial charge in [-0.15, -0.1) is 0 Å². The SMILES string of the molecule is C[N+](C)(C)Cc1cccc(NS(=O)(=O)OC(=O)c2ccc(Oc3ccccc3)c(N3CCCC3)c2)c1. The van der Waals surface area contributed by atoms with E-state index in [1.807, 2.05) is 57.5 Å². The fourth-order valence-corrected chi connectivity index (χ4v) is 4.90. The number of carbonyl (C=O) groups excluding carboxylic acids is 1. The molecular weight excluding hydrogens is 478 g/mol. The van der Waals surface area contributed by atoms with Crippen LogP contribution in [0.3, 0.4) is 0 Å². The van der Waals surface area contributed by atoms with Crippen LogP contribution in [0.2, 0.25) is 0 Å². The van der Waals surface area contributed by atoms with Crippen molar-refractivity contribution < 1.29 is 26.6 Å². The summed E-state index contributed by atoms with van der Waals surface area (Å²) in [6.45, 7) is 2.37. The number of nitrogens with zero attached hydrogens (tertiary/aromatic N) is 2. The zero-order valence-electron chi connectivity index (χ0n) is 20.8. The van der Waals surface area contributed by atoms with E-state index < -0.39 is 16.3 Å². The number of para-hydroxylation sites is 1. The summed E-state index contributed by atoms with van der Waals surface area (Å²) < 4.78 is 39.3. The zero-order chi connectivity index (χ0) is 25.8. The molecule has 1 saturated heterocycles. The molecule has 8 nitrogen and oxygen atoms in total. The van der Waals surface area contributed by atoms with Crippen molar-refractivity contribution in [1.82, 2.24) is 0 Å². The van der Waals surface area contributed by atoms with Gasteiger partial charge in [0.15, 0.2) is 5.75 Å². The summed E-state index contributed by atoms with van der Waals surface area (Å²) in [5, 5.41) is 0. The maximum absolute atomic E-state index is 12.8. The third-order valence-corrected chi connectivity index (χ3v) is 6.48. The minimum absolute atomic E-state index is 0.126. The van der Waals surface area contributed by atoms with Gasteiger partial charge < -0.3 is 18.3 Å². The third-order valence-electron chi connectivity index (χ3n) is 5.62. The summed E-state index contributed by atoms with van der Waals surface area (Å²) in [7, 11) is 1.76. The summed E-state index contributed by atoms with van der Waals surface area (Å²) in [5.74, 6) is 0.305. The summed E-state index contributed by atoms with van der Waals surface area (Å²) in [5.41, 5.74) is 2.14. The quantitative estimate of drug-likeness (QED) is 0.417. The summed E-state index contributed by atoms with van der Waals surface area (Å²) in [6.07, 6.45) is 2.07. The monoisotopic (exact) mass is 510 g/mol. The Kier molecular flexibility index (Phi) is 7.51. The molecule has 0 unspecified atom stereocenters. The molecular formula is C27H32N3O5S+. The van der Waals surface area contributed by atoms with Crippen LogP contribution < -0.4 is 14.4 Å². The Balaban J connectivity index is 1.51. The second kappa shape index (κ2) is 10.6. The number of hydrogen-bond donors (Lipinski definition) is 1. The third kappa shape index (κ3) is 6.99. The summed E-state index contributed by atoms with van der Waals surface area (Å²) >= 11 is 0. The van der Waals surface area contributed by atoms with Gasteiger partial charge in [0.2, 0.25) is 0 Å². The van der Waals surface area contributed by atoms with Gasteiger partial charge in [-0.05, 0) is 55.3 Å². The van der Waals surface area contributed by atoms with E-state index in [1.165, 1.54) is 6.07 Å². The first-order valence-electron chi connectivity index (χ1n) is 11.9. The summed E-state index contributed by atoms with van der Waals surface area (Å²) in [6, 6.07) is 21.2. The van der Waals surface area contributed by atoms with Crippen LogP contribution >= 0.6 is 0 Å². The van der Waals surface area contributed by atoms with Gasteiger partial charge >= 0.3 is 16.3 Å². The minimum atomic E-state index is -4.38. The average Bonchev–Trinajstić information content (AvgIpc) is 3.33. The van der Waals surface area contributed by atoms with Crippen LogP contribution in [0.25, 0.3) is 0 Å². The van der Waals surface area contributed by atoms with Crippen molar-refractivity contribution in [1.29, 1.82) is 0 Å². The topological polar surface area (TPSA) is 84.9 Å². The van der Waals surface area contributed by atoms with E-state index in [-0.39, 0.29) is 5.56 Å². The van der Waals surface area contributed by atoms with Crippen molar-refractivity contribution in [2.45, 2.75) is 19.4 Å². The molecule has 1 aliphatic rings. The number of anilines is 2. The normalized spacial score (nSPS) is 13.9. The van der Waals surface area contributed by atoms with Gasteiger partial charge in [-0.2, -0.15) is 8.42 Å². The first kappa shape index (κ1) is 25.5. The van der Waals surface area contributed by atoms with Crippen LogP contribution in [-0.2, 0) is 21.0 Å². The first-order chi connectivity index (χ1) is 17.1. The van der Waals surface area contributed by atoms with Gasteiger partial charge in [0.1, 0.15) is 12.3 Å². The highest BCUT2D eigenvalue weighted by Crippen LogP contribution is 2.35. The van der Waals surface area contributed by atoms with Crippen molar-refractivity contribution in [3.63, 3.8) is 0 Å². The Bertz CT molecular complexity index is 1310. The molecule has 9 heteroatoms. The maximum atomic E-state index is 12.8. The van der Waals surface area contributed by atoms with Crippen LogP contribution in [0.1, 0.15) is 28.8 Å². The van der Waals surface area contributed by atoms with Crippen LogP contribution in [0.15, 0.2) is 72.8 Å². The Hall–Kier alpha value is -3.56. The predicted octanol–water partition coefficient (Wildman–Crippen LogP) is 4.80. The number of ether oxygens (including phenoxy) is 1. The van der Waals surface area contributed by atoms with Gasteiger partial charge in [-0.3, -0.25) is 4.72 Å². The molecule has 0 radical (unpaired) electrons. The summed E-state index contributed by atoms with van der Waals surface area (Å²) in [4.78, 5) is 15.0. The molecule has 1 aliphatic heterocycles. The lowest BCUT2D eigenvalue weighted by Gasteiger charge is -2.24. The lowest BCUT2D eigenvalue weighted by Crippen LogP contribution is -2.33. The number of quaternary nitrogens is 1. The minimum Gasteiger partial charge on any atom is -0.455 e. The molecule has 1 heterocycles. The lowest BCUT2D eigenvalue weighted by atomic mass is 10.1. The van der Waals surface area contributed by atoms with Crippen molar-refractivity contribution in [3.8, 4) is 11.5 Å². The van der Waals surface area contributed by atoms with Gasteiger partial charge in [0, 0.05) is 18.7 Å². The van der Waals surface area contributed by atoms with E-state index in [0.29, 0.717) is 28.2 Å². The Labute approximate surface area is 212 Å². The molecule has 36 heavy (non-hydrogen) atoms. The fourth-order valence-electron chi connectivity index (χ4n) is 4.15. The van der Waals surface area contributed by atoms with E-state index in [0.717, 1.165) is 37.2 Å². The second-order valence-corrected chi connectivity index (χ2v) is 11.1. The molecule has 0 aliphatic carbocycles. The van der Waals surface area contributed by atoms with E-state index in [2.05, 4.69) is 9.62 Å². The number of hydrogen-bond acceptors (Lipinski definition) is 6. The smallest absolute Gasteiger partial charge is 0.410 e. The highest BCUT2D eigenvalue weighted by atomic mass is 32.2. The second-order valence-electron chi connectivity index (χ2n) is 9.87. The first-order valence-corrected chi connectivity index (χ1v) is 13.3. The zero-order valence-corrected chi connectivity index (χ0v) is 21.6. The largest absolute Gasteiger partial charge is 0.455 e. The molecule has 4 rings (SSSR count). The number of benzene rings is 3. The highest BCUT2D eigenvalue weighted by Gasteiger charge is 2.23. The fraction of sp³-hybridized carbons (Fsp3) is 0.296. The van der Waals surface area contributed by atoms with E-state index in [1.54, 1.807) is 30.3 Å². The average molecular weight is 511 g/mol. The molecule has 0 amide bonds. The van der Waals surface area contributed by atoms with Crippen LogP contribution in [0.4, 0.5) is 11.4 Å². The van der Waals surface area contributed by atoms with Crippen LogP contribution in [0.5, 0.6) is 11.5 Å². The van der Waals surface area contributed by atoms with Gasteiger partial charge in [-0.1, -0.05) is 30.3 Å². The molecule has 1 fully saturated rings. The lowest BCUT2D eigenvalue weighted by molar-refractivity contribution is -0.884. The molecule has 0 bridgehead atoms. The van der Waals surface area contributed by atoms with E-state index >= 15 is 0 Å². The molecule has 0 atom stereocenters. The van der Waals surface area contributed by atoms with Gasteiger partial charge in [0.25, 0.3) is 0 Å². The van der Waals surface area contributed by atoms with Crippen molar-refractivity contribution >= 4 is 27.6 Å². The molecule has 3 aromatic carbocycles. The van der Waals surface area contributed by atoms with E-state index in [4.69, 9.17) is 8.92 Å². The van der Waals surface area contributed by atoms with Crippen molar-refractivity contribution in [2.24, 2.45) is 0 Å². The molecule has 0 saturated carbocycles. The highest BCUT2D eigenvalue weighted by molar-refractivity contribution is 7.88. The number of nitrogens with one attached hydrogen (secondary N) is 1. The van der Waals surface area contributed by atoms with Crippen molar-refractivity contribution in [2.75, 3.05) is 43.9 Å². The predicted molar refractivity (Wildman–Crippen MR) is 141 cm³/mol. The van der Waals surface area contributed by atoms with Crippen LogP contribution in [0, 0.1) is 0 Å². The van der Waals surface area contributed by atoms with Gasteiger partial charge in [-0.25, -0.2) is 4.79 Å². The number of carbonyl (C=O) groups is 1. The standard InChI is InChI=1S/C27H32N3O5S/c1-30(2,3)20-21-10-9-11-23(18-21)28-36(32,33)35-27(31)22-14-15-26(34-24-12-5-4-6-13-24)25(19-22)29-16-7-8-17-29/h4-6,9-15,18-19,28H,7-8,16-17,20H2,1-3H3/q+1. The Morgan fingerprint density at radius 3 is 2.36 bits per heavy atom. The molecule has 0 aromatic heterocycles. The van der Waals surface area contributed by atoms with Crippen LogP contribution in [-0.4, -0.2) is 53.1 Å².